The van der Waals surface area contributed by atoms with Crippen molar-refractivity contribution in [3.63, 3.8) is 0 Å². The molecule has 0 atom stereocenters. The van der Waals surface area contributed by atoms with Crippen molar-refractivity contribution in [2.75, 3.05) is 6.61 Å². The van der Waals surface area contributed by atoms with Crippen LogP contribution in [0.4, 0.5) is 4.79 Å². The molecule has 4 amide bonds. The van der Waals surface area contributed by atoms with E-state index in [0.29, 0.717) is 17.9 Å². The van der Waals surface area contributed by atoms with Gasteiger partial charge in [-0.2, -0.15) is 5.01 Å². The van der Waals surface area contributed by atoms with Crippen LogP contribution in [0.1, 0.15) is 42.5 Å². The number of esters is 1. The fourth-order valence-electron chi connectivity index (χ4n) is 3.27. The third-order valence-electron chi connectivity index (χ3n) is 4.61. The van der Waals surface area contributed by atoms with Gasteiger partial charge >= 0.3 is 12.0 Å². The maximum absolute atomic E-state index is 12.6. The topological polar surface area (TPSA) is 105 Å². The van der Waals surface area contributed by atoms with Gasteiger partial charge < -0.3 is 10.1 Å². The molecular formula is C17H17Cl2N3O5. The first-order valence-electron chi connectivity index (χ1n) is 8.41. The Labute approximate surface area is 165 Å². The van der Waals surface area contributed by atoms with Gasteiger partial charge in [-0.05, 0) is 25.0 Å². The van der Waals surface area contributed by atoms with Crippen molar-refractivity contribution in [2.24, 2.45) is 0 Å². The number of carbonyl (C=O) groups is 4. The number of rotatable bonds is 4. The number of nitrogens with one attached hydrogen (secondary N) is 2. The summed E-state index contributed by atoms with van der Waals surface area (Å²) >= 11 is 11.8. The van der Waals surface area contributed by atoms with E-state index in [1.165, 1.54) is 12.1 Å². The molecule has 1 aromatic carbocycles. The van der Waals surface area contributed by atoms with E-state index in [4.69, 9.17) is 27.9 Å². The summed E-state index contributed by atoms with van der Waals surface area (Å²) in [5.41, 5.74) is 1.16. The molecule has 0 bridgehead atoms. The van der Waals surface area contributed by atoms with E-state index in [1.54, 1.807) is 6.07 Å². The molecule has 0 aromatic heterocycles. The van der Waals surface area contributed by atoms with Crippen LogP contribution in [-0.2, 0) is 14.3 Å². The summed E-state index contributed by atoms with van der Waals surface area (Å²) in [6.45, 7) is -0.704. The summed E-state index contributed by atoms with van der Waals surface area (Å²) < 4.78 is 4.88. The molecule has 2 aliphatic rings. The fraction of sp³-hybridized carbons (Fsp3) is 0.412. The number of amides is 4. The number of ether oxygens (including phenoxy) is 1. The summed E-state index contributed by atoms with van der Waals surface area (Å²) in [6, 6.07) is 3.78. The standard InChI is InChI=1S/C17H17Cl2N3O5/c18-10-5-4-6-11(19)13(10)14(24)27-9-12(23)21-22-15(25)17(20-16(22)26)7-2-1-3-8-17/h4-6H,1-3,7-9H2,(H,20,26)(H,21,23). The van der Waals surface area contributed by atoms with Gasteiger partial charge in [0.25, 0.3) is 11.8 Å². The Balaban J connectivity index is 1.59. The van der Waals surface area contributed by atoms with E-state index in [1.807, 2.05) is 0 Å². The number of benzene rings is 1. The lowest BCUT2D eigenvalue weighted by atomic mass is 9.82. The maximum atomic E-state index is 12.6. The molecular weight excluding hydrogens is 397 g/mol. The van der Waals surface area contributed by atoms with E-state index >= 15 is 0 Å². The van der Waals surface area contributed by atoms with Crippen molar-refractivity contribution in [2.45, 2.75) is 37.6 Å². The Morgan fingerprint density at radius 3 is 2.41 bits per heavy atom. The lowest BCUT2D eigenvalue weighted by Gasteiger charge is -2.30. The first-order valence-corrected chi connectivity index (χ1v) is 9.17. The van der Waals surface area contributed by atoms with Crippen LogP contribution in [0.3, 0.4) is 0 Å². The van der Waals surface area contributed by atoms with Crippen LogP contribution in [0.5, 0.6) is 0 Å². The molecule has 8 nitrogen and oxygen atoms in total. The number of hydrazine groups is 1. The van der Waals surface area contributed by atoms with Crippen molar-refractivity contribution in [1.29, 1.82) is 0 Å². The van der Waals surface area contributed by atoms with E-state index in [-0.39, 0.29) is 15.6 Å². The van der Waals surface area contributed by atoms with E-state index in [2.05, 4.69) is 10.7 Å². The van der Waals surface area contributed by atoms with Crippen molar-refractivity contribution in [1.82, 2.24) is 15.8 Å². The van der Waals surface area contributed by atoms with Gasteiger partial charge in [-0.1, -0.05) is 48.5 Å². The second kappa shape index (κ2) is 7.74. The monoisotopic (exact) mass is 413 g/mol. The molecule has 2 N–H and O–H groups in total. The summed E-state index contributed by atoms with van der Waals surface area (Å²) in [5, 5.41) is 3.47. The van der Waals surface area contributed by atoms with Crippen molar-refractivity contribution in [3.8, 4) is 0 Å². The van der Waals surface area contributed by atoms with Gasteiger partial charge in [0.05, 0.1) is 15.6 Å². The van der Waals surface area contributed by atoms with Gasteiger partial charge in [0, 0.05) is 0 Å². The van der Waals surface area contributed by atoms with Crippen LogP contribution in [0.2, 0.25) is 10.0 Å². The SMILES string of the molecule is O=C(COC(=O)c1c(Cl)cccc1Cl)NN1C(=O)NC2(CCCCC2)C1=O. The van der Waals surface area contributed by atoms with Crippen LogP contribution in [0, 0.1) is 0 Å². The molecule has 144 valence electrons. The largest absolute Gasteiger partial charge is 0.452 e. The van der Waals surface area contributed by atoms with Gasteiger partial charge in [-0.15, -0.1) is 0 Å². The Hall–Kier alpha value is -2.32. The zero-order valence-corrected chi connectivity index (χ0v) is 15.7. The molecule has 10 heteroatoms. The Morgan fingerprint density at radius 1 is 1.15 bits per heavy atom. The minimum Gasteiger partial charge on any atom is -0.452 e. The fourth-order valence-corrected chi connectivity index (χ4v) is 3.82. The van der Waals surface area contributed by atoms with Gasteiger partial charge in [0.1, 0.15) is 5.54 Å². The zero-order valence-electron chi connectivity index (χ0n) is 14.2. The normalized spacial score (nSPS) is 18.4. The molecule has 1 aromatic rings. The van der Waals surface area contributed by atoms with Gasteiger partial charge in [0.15, 0.2) is 6.61 Å². The number of nitrogens with zero attached hydrogens (tertiary/aromatic N) is 1. The first-order chi connectivity index (χ1) is 12.8. The molecule has 1 heterocycles. The molecule has 27 heavy (non-hydrogen) atoms. The number of hydrogen-bond donors (Lipinski definition) is 2. The summed E-state index contributed by atoms with van der Waals surface area (Å²) in [6.07, 6.45) is 3.71. The molecule has 1 aliphatic carbocycles. The molecule has 1 saturated carbocycles. The summed E-state index contributed by atoms with van der Waals surface area (Å²) in [4.78, 5) is 48.7. The lowest BCUT2D eigenvalue weighted by Crippen LogP contribution is -2.51. The number of carbonyl (C=O) groups excluding carboxylic acids is 4. The van der Waals surface area contributed by atoms with Crippen molar-refractivity contribution < 1.29 is 23.9 Å². The van der Waals surface area contributed by atoms with Gasteiger partial charge in [-0.25, -0.2) is 9.59 Å². The number of urea groups is 1. The van der Waals surface area contributed by atoms with Gasteiger partial charge in [0.2, 0.25) is 0 Å². The first kappa shape index (κ1) is 19.4. The second-order valence-electron chi connectivity index (χ2n) is 6.42. The van der Waals surface area contributed by atoms with Crippen LogP contribution in [-0.4, -0.2) is 41.0 Å². The predicted octanol–water partition coefficient (Wildman–Crippen LogP) is 2.44. The van der Waals surface area contributed by atoms with Crippen LogP contribution in [0.15, 0.2) is 18.2 Å². The molecule has 1 spiro atoms. The van der Waals surface area contributed by atoms with Crippen molar-refractivity contribution in [3.05, 3.63) is 33.8 Å². The minimum atomic E-state index is -0.954. The molecule has 0 radical (unpaired) electrons. The van der Waals surface area contributed by atoms with E-state index < -0.39 is 36.0 Å². The molecule has 1 saturated heterocycles. The minimum absolute atomic E-state index is 0.0650. The number of imide groups is 1. The molecule has 0 unspecified atom stereocenters. The number of hydrogen-bond acceptors (Lipinski definition) is 5. The second-order valence-corrected chi connectivity index (χ2v) is 7.24. The third kappa shape index (κ3) is 3.86. The highest BCUT2D eigenvalue weighted by molar-refractivity contribution is 6.39. The molecule has 2 fully saturated rings. The lowest BCUT2D eigenvalue weighted by molar-refractivity contribution is -0.140. The van der Waals surface area contributed by atoms with Gasteiger partial charge in [-0.3, -0.25) is 15.0 Å². The summed E-state index contributed by atoms with van der Waals surface area (Å²) in [5.74, 6) is -2.22. The zero-order chi connectivity index (χ0) is 19.6. The van der Waals surface area contributed by atoms with Crippen LogP contribution in [0.25, 0.3) is 0 Å². The average Bonchev–Trinajstić information content (AvgIpc) is 2.84. The maximum Gasteiger partial charge on any atom is 0.344 e. The summed E-state index contributed by atoms with van der Waals surface area (Å²) in [7, 11) is 0. The Bertz CT molecular complexity index is 788. The third-order valence-corrected chi connectivity index (χ3v) is 5.24. The Morgan fingerprint density at radius 2 is 1.78 bits per heavy atom. The van der Waals surface area contributed by atoms with E-state index in [0.717, 1.165) is 19.3 Å². The Kier molecular flexibility index (Phi) is 5.57. The highest BCUT2D eigenvalue weighted by atomic mass is 35.5. The average molecular weight is 414 g/mol. The number of halogens is 2. The smallest absolute Gasteiger partial charge is 0.344 e. The quantitative estimate of drug-likeness (QED) is 0.582. The highest BCUT2D eigenvalue weighted by Gasteiger charge is 2.52. The molecule has 1 aliphatic heterocycles. The van der Waals surface area contributed by atoms with Crippen LogP contribution >= 0.6 is 23.2 Å². The predicted molar refractivity (Wildman–Crippen MR) is 96.1 cm³/mol. The van der Waals surface area contributed by atoms with Crippen molar-refractivity contribution >= 4 is 47.0 Å². The highest BCUT2D eigenvalue weighted by Crippen LogP contribution is 2.33. The van der Waals surface area contributed by atoms with Crippen LogP contribution < -0.4 is 10.7 Å². The van der Waals surface area contributed by atoms with E-state index in [9.17, 15) is 19.2 Å². The molecule has 3 rings (SSSR count).